The van der Waals surface area contributed by atoms with Crippen LogP contribution in [0.5, 0.6) is 5.75 Å². The Labute approximate surface area is 103 Å². The Morgan fingerprint density at radius 2 is 1.44 bits per heavy atom. The van der Waals surface area contributed by atoms with Crippen LogP contribution in [0.2, 0.25) is 0 Å². The molecule has 4 heteroatoms. The summed E-state index contributed by atoms with van der Waals surface area (Å²) in [7, 11) is 0. The van der Waals surface area contributed by atoms with Gasteiger partial charge in [0.05, 0.1) is 11.1 Å². The fraction of sp³-hybridized carbons (Fsp3) is 0. The lowest BCUT2D eigenvalue weighted by molar-refractivity contribution is 0.0880. The van der Waals surface area contributed by atoms with Crippen LogP contribution in [0.15, 0.2) is 42.5 Å². The Balaban J connectivity index is 2.30. The molecule has 0 aliphatic carbocycles. The van der Waals surface area contributed by atoms with Crippen molar-refractivity contribution in [2.45, 2.75) is 0 Å². The average molecular weight is 239 g/mol. The van der Waals surface area contributed by atoms with Crippen molar-refractivity contribution in [2.24, 2.45) is 0 Å². The van der Waals surface area contributed by atoms with Gasteiger partial charge in [0, 0.05) is 5.56 Å². The Morgan fingerprint density at radius 3 is 2.22 bits per heavy atom. The van der Waals surface area contributed by atoms with Gasteiger partial charge in [0.2, 0.25) is 0 Å². The second-order valence-corrected chi connectivity index (χ2v) is 4.03. The minimum Gasteiger partial charge on any atom is -0.507 e. The molecular formula is C14H9NO3. The molecule has 2 N–H and O–H groups in total. The van der Waals surface area contributed by atoms with Crippen LogP contribution in [-0.2, 0) is 0 Å². The molecule has 0 unspecified atom stereocenters. The van der Waals surface area contributed by atoms with E-state index in [0.29, 0.717) is 22.3 Å². The molecule has 0 atom stereocenters. The molecule has 4 nitrogen and oxygen atoms in total. The largest absolute Gasteiger partial charge is 0.507 e. The summed E-state index contributed by atoms with van der Waals surface area (Å²) >= 11 is 0. The summed E-state index contributed by atoms with van der Waals surface area (Å²) in [6.45, 7) is 0. The van der Waals surface area contributed by atoms with Gasteiger partial charge in [-0.05, 0) is 17.7 Å². The number of hydrogen-bond donors (Lipinski definition) is 2. The van der Waals surface area contributed by atoms with E-state index < -0.39 is 11.8 Å². The molecule has 88 valence electrons. The zero-order valence-electron chi connectivity index (χ0n) is 9.31. The van der Waals surface area contributed by atoms with Crippen LogP contribution in [0.4, 0.5) is 0 Å². The molecule has 18 heavy (non-hydrogen) atoms. The number of carbonyl (C=O) groups is 2. The second-order valence-electron chi connectivity index (χ2n) is 4.03. The zero-order chi connectivity index (χ0) is 12.7. The van der Waals surface area contributed by atoms with Crippen LogP contribution >= 0.6 is 0 Å². The van der Waals surface area contributed by atoms with Gasteiger partial charge in [-0.3, -0.25) is 14.9 Å². The van der Waals surface area contributed by atoms with Crippen LogP contribution in [0, 0.1) is 0 Å². The first kappa shape index (κ1) is 10.5. The summed E-state index contributed by atoms with van der Waals surface area (Å²) in [4.78, 5) is 23.3. The molecule has 0 saturated heterocycles. The van der Waals surface area contributed by atoms with E-state index in [2.05, 4.69) is 5.32 Å². The lowest BCUT2D eigenvalue weighted by Crippen LogP contribution is -2.20. The lowest BCUT2D eigenvalue weighted by atomic mass is 9.96. The summed E-state index contributed by atoms with van der Waals surface area (Å²) in [6, 6.07) is 11.7. The van der Waals surface area contributed by atoms with Gasteiger partial charge < -0.3 is 5.11 Å². The van der Waals surface area contributed by atoms with Crippen LogP contribution in [-0.4, -0.2) is 16.9 Å². The van der Waals surface area contributed by atoms with E-state index in [0.717, 1.165) is 0 Å². The third-order valence-electron chi connectivity index (χ3n) is 2.96. The third kappa shape index (κ3) is 1.39. The Kier molecular flexibility index (Phi) is 2.16. The van der Waals surface area contributed by atoms with E-state index in [1.165, 1.54) is 0 Å². The molecule has 1 heterocycles. The molecule has 1 aliphatic rings. The van der Waals surface area contributed by atoms with Crippen molar-refractivity contribution in [1.29, 1.82) is 0 Å². The summed E-state index contributed by atoms with van der Waals surface area (Å²) in [5.74, 6) is -0.737. The van der Waals surface area contributed by atoms with E-state index >= 15 is 0 Å². The minimum atomic E-state index is -0.422. The summed E-state index contributed by atoms with van der Waals surface area (Å²) in [5, 5.41) is 12.1. The summed E-state index contributed by atoms with van der Waals surface area (Å²) in [6.07, 6.45) is 0. The number of rotatable bonds is 1. The van der Waals surface area contributed by atoms with Gasteiger partial charge in [-0.15, -0.1) is 0 Å². The fourth-order valence-corrected chi connectivity index (χ4v) is 2.14. The topological polar surface area (TPSA) is 66.4 Å². The van der Waals surface area contributed by atoms with Gasteiger partial charge >= 0.3 is 0 Å². The van der Waals surface area contributed by atoms with Crippen molar-refractivity contribution in [1.82, 2.24) is 5.32 Å². The highest BCUT2D eigenvalue weighted by atomic mass is 16.3. The predicted octanol–water partition coefficient (Wildman–Crippen LogP) is 1.94. The van der Waals surface area contributed by atoms with Crippen molar-refractivity contribution >= 4 is 11.8 Å². The SMILES string of the molecule is O=C1NC(=O)c2c1cccc2-c1ccccc1O. The summed E-state index contributed by atoms with van der Waals surface area (Å²) in [5.41, 5.74) is 1.78. The maximum atomic E-state index is 11.8. The maximum absolute atomic E-state index is 11.8. The first-order chi connectivity index (χ1) is 8.68. The van der Waals surface area contributed by atoms with E-state index in [1.807, 2.05) is 0 Å². The molecule has 2 amide bonds. The first-order valence-electron chi connectivity index (χ1n) is 5.45. The number of imide groups is 1. The number of amides is 2. The number of aromatic hydroxyl groups is 1. The van der Waals surface area contributed by atoms with Gasteiger partial charge in [-0.2, -0.15) is 0 Å². The van der Waals surface area contributed by atoms with Gasteiger partial charge in [0.25, 0.3) is 11.8 Å². The van der Waals surface area contributed by atoms with Gasteiger partial charge in [0.15, 0.2) is 0 Å². The van der Waals surface area contributed by atoms with Crippen LogP contribution in [0.25, 0.3) is 11.1 Å². The van der Waals surface area contributed by atoms with Crippen molar-refractivity contribution in [3.8, 4) is 16.9 Å². The van der Waals surface area contributed by atoms with Crippen LogP contribution in [0.1, 0.15) is 20.7 Å². The molecule has 2 aromatic rings. The van der Waals surface area contributed by atoms with Crippen LogP contribution < -0.4 is 5.32 Å². The Morgan fingerprint density at radius 1 is 0.778 bits per heavy atom. The third-order valence-corrected chi connectivity index (χ3v) is 2.96. The van der Waals surface area contributed by atoms with Gasteiger partial charge in [-0.1, -0.05) is 30.3 Å². The van der Waals surface area contributed by atoms with Crippen LogP contribution in [0.3, 0.4) is 0 Å². The van der Waals surface area contributed by atoms with Crippen molar-refractivity contribution < 1.29 is 14.7 Å². The highest BCUT2D eigenvalue weighted by Gasteiger charge is 2.29. The molecule has 0 aromatic heterocycles. The second kappa shape index (κ2) is 3.70. The number of phenols is 1. The Bertz CT molecular complexity index is 676. The molecule has 0 spiro atoms. The number of para-hydroxylation sites is 1. The predicted molar refractivity (Wildman–Crippen MR) is 65.3 cm³/mol. The van der Waals surface area contributed by atoms with E-state index in [9.17, 15) is 14.7 Å². The number of benzene rings is 2. The normalized spacial score (nSPS) is 13.3. The molecule has 0 bridgehead atoms. The molecule has 0 radical (unpaired) electrons. The molecule has 2 aromatic carbocycles. The molecular weight excluding hydrogens is 230 g/mol. The fourth-order valence-electron chi connectivity index (χ4n) is 2.14. The van der Waals surface area contributed by atoms with E-state index in [-0.39, 0.29) is 5.75 Å². The number of phenolic OH excluding ortho intramolecular Hbond substituents is 1. The molecule has 1 aliphatic heterocycles. The van der Waals surface area contributed by atoms with E-state index in [4.69, 9.17) is 0 Å². The highest BCUT2D eigenvalue weighted by Crippen LogP contribution is 2.34. The minimum absolute atomic E-state index is 0.0815. The van der Waals surface area contributed by atoms with Gasteiger partial charge in [-0.25, -0.2) is 0 Å². The number of nitrogens with one attached hydrogen (secondary N) is 1. The average Bonchev–Trinajstić information content (AvgIpc) is 2.66. The van der Waals surface area contributed by atoms with E-state index in [1.54, 1.807) is 42.5 Å². The van der Waals surface area contributed by atoms with Gasteiger partial charge in [0.1, 0.15) is 5.75 Å². The van der Waals surface area contributed by atoms with Crippen molar-refractivity contribution in [2.75, 3.05) is 0 Å². The monoisotopic (exact) mass is 239 g/mol. The number of hydrogen-bond acceptors (Lipinski definition) is 3. The standard InChI is InChI=1S/C14H9NO3/c16-11-7-2-1-4-8(11)9-5-3-6-10-12(9)14(18)15-13(10)17/h1-7,16H,(H,15,17,18). The molecule has 3 rings (SSSR count). The Hall–Kier alpha value is -2.62. The maximum Gasteiger partial charge on any atom is 0.259 e. The highest BCUT2D eigenvalue weighted by molar-refractivity contribution is 6.24. The summed E-state index contributed by atoms with van der Waals surface area (Å²) < 4.78 is 0. The number of carbonyl (C=O) groups excluding carboxylic acids is 2. The smallest absolute Gasteiger partial charge is 0.259 e. The lowest BCUT2D eigenvalue weighted by Gasteiger charge is -2.07. The molecule has 0 saturated carbocycles. The number of fused-ring (bicyclic) bond motifs is 1. The first-order valence-corrected chi connectivity index (χ1v) is 5.45. The van der Waals surface area contributed by atoms with Crippen molar-refractivity contribution in [3.63, 3.8) is 0 Å². The van der Waals surface area contributed by atoms with Crippen molar-refractivity contribution in [3.05, 3.63) is 53.6 Å². The zero-order valence-corrected chi connectivity index (χ0v) is 9.31. The quantitative estimate of drug-likeness (QED) is 0.747. The molecule has 0 fully saturated rings.